The van der Waals surface area contributed by atoms with Gasteiger partial charge in [-0.15, -0.1) is 11.3 Å². The van der Waals surface area contributed by atoms with Crippen LogP contribution in [0.3, 0.4) is 0 Å². The minimum atomic E-state index is -0.333. The number of amides is 2. The largest absolute Gasteiger partial charge is 0.338 e. The summed E-state index contributed by atoms with van der Waals surface area (Å²) >= 11 is 1.21. The Kier molecular flexibility index (Phi) is 5.42. The van der Waals surface area contributed by atoms with E-state index in [0.29, 0.717) is 10.8 Å². The molecule has 7 nitrogen and oxygen atoms in total. The highest BCUT2D eigenvalue weighted by Crippen LogP contribution is 2.27. The zero-order chi connectivity index (χ0) is 22.8. The number of H-pyrrole nitrogens is 1. The minimum absolute atomic E-state index is 0.227. The van der Waals surface area contributed by atoms with Gasteiger partial charge in [-0.3, -0.25) is 9.59 Å². The van der Waals surface area contributed by atoms with E-state index in [0.717, 1.165) is 33.5 Å². The summed E-state index contributed by atoms with van der Waals surface area (Å²) in [5, 5.41) is 7.45. The number of carbonyl (C=O) groups is 2. The molecule has 0 spiro atoms. The van der Waals surface area contributed by atoms with Gasteiger partial charge in [0.15, 0.2) is 5.13 Å². The Morgan fingerprint density at radius 1 is 0.848 bits per heavy atom. The Hall–Kier alpha value is -4.30. The van der Waals surface area contributed by atoms with Gasteiger partial charge >= 0.3 is 0 Å². The van der Waals surface area contributed by atoms with Crippen LogP contribution in [0.15, 0.2) is 78.2 Å². The highest BCUT2D eigenvalue weighted by Gasteiger charge is 2.12. The smallest absolute Gasteiger partial charge is 0.275 e. The zero-order valence-electron chi connectivity index (χ0n) is 17.6. The number of benzene rings is 3. The number of para-hydroxylation sites is 2. The Morgan fingerprint density at radius 3 is 2.42 bits per heavy atom. The molecule has 5 aromatic rings. The summed E-state index contributed by atoms with van der Waals surface area (Å²) < 4.78 is 0. The second-order valence-electron chi connectivity index (χ2n) is 7.43. The van der Waals surface area contributed by atoms with Gasteiger partial charge in [-0.2, -0.15) is 0 Å². The predicted molar refractivity (Wildman–Crippen MR) is 131 cm³/mol. The number of thiazole rings is 1. The van der Waals surface area contributed by atoms with Crippen molar-refractivity contribution in [1.82, 2.24) is 15.0 Å². The first-order chi connectivity index (χ1) is 16.0. The van der Waals surface area contributed by atoms with Crippen LogP contribution in [-0.4, -0.2) is 26.8 Å². The molecule has 0 aliphatic carbocycles. The molecule has 2 amide bonds. The average Bonchev–Trinajstić information content (AvgIpc) is 3.46. The molecule has 2 aromatic heterocycles. The molecule has 0 bridgehead atoms. The van der Waals surface area contributed by atoms with Gasteiger partial charge in [-0.25, -0.2) is 9.97 Å². The van der Waals surface area contributed by atoms with E-state index in [2.05, 4.69) is 25.6 Å². The quantitative estimate of drug-likeness (QED) is 0.324. The van der Waals surface area contributed by atoms with Crippen LogP contribution in [-0.2, 0) is 4.79 Å². The lowest BCUT2D eigenvalue weighted by molar-refractivity contribution is -0.114. The highest BCUT2D eigenvalue weighted by molar-refractivity contribution is 7.14. The highest BCUT2D eigenvalue weighted by atomic mass is 32.1. The third-order valence-electron chi connectivity index (χ3n) is 5.02. The Balaban J connectivity index is 1.32. The summed E-state index contributed by atoms with van der Waals surface area (Å²) in [4.78, 5) is 35.8. The van der Waals surface area contributed by atoms with E-state index in [1.54, 1.807) is 5.38 Å². The molecule has 0 atom stereocenters. The molecule has 0 aliphatic rings. The molecule has 3 N–H and O–H groups in total. The Labute approximate surface area is 193 Å². The molecule has 0 aliphatic heterocycles. The number of fused-ring (bicyclic) bond motifs is 1. The molecule has 33 heavy (non-hydrogen) atoms. The van der Waals surface area contributed by atoms with Gasteiger partial charge in [0.1, 0.15) is 11.5 Å². The first kappa shape index (κ1) is 20.6. The lowest BCUT2D eigenvalue weighted by atomic mass is 10.0. The number of hydrogen-bond donors (Lipinski definition) is 3. The summed E-state index contributed by atoms with van der Waals surface area (Å²) in [6, 6.07) is 23.7. The minimum Gasteiger partial charge on any atom is -0.338 e. The molecule has 0 saturated heterocycles. The summed E-state index contributed by atoms with van der Waals surface area (Å²) in [6.07, 6.45) is 0. The van der Waals surface area contributed by atoms with E-state index in [-0.39, 0.29) is 17.5 Å². The van der Waals surface area contributed by atoms with E-state index in [1.165, 1.54) is 18.3 Å². The van der Waals surface area contributed by atoms with Gasteiger partial charge in [0.2, 0.25) is 5.91 Å². The van der Waals surface area contributed by atoms with Crippen LogP contribution in [0.25, 0.3) is 33.5 Å². The fraction of sp³-hybridized carbons (Fsp3) is 0.0400. The molecule has 0 saturated carbocycles. The summed E-state index contributed by atoms with van der Waals surface area (Å²) in [6.45, 7) is 1.40. The van der Waals surface area contributed by atoms with Crippen molar-refractivity contribution in [2.75, 3.05) is 10.6 Å². The van der Waals surface area contributed by atoms with Crippen LogP contribution in [0, 0.1) is 0 Å². The number of nitrogens with one attached hydrogen (secondary N) is 3. The maximum absolute atomic E-state index is 12.5. The number of aromatic amines is 1. The van der Waals surface area contributed by atoms with Gasteiger partial charge in [-0.05, 0) is 35.4 Å². The number of rotatable bonds is 5. The summed E-state index contributed by atoms with van der Waals surface area (Å²) in [5.41, 5.74) is 5.84. The molecule has 2 heterocycles. The first-order valence-corrected chi connectivity index (χ1v) is 11.1. The molecule has 5 rings (SSSR count). The molecular weight excluding hydrogens is 434 g/mol. The van der Waals surface area contributed by atoms with Crippen molar-refractivity contribution >= 4 is 45.0 Å². The third kappa shape index (κ3) is 4.51. The molecule has 0 fully saturated rings. The molecule has 8 heteroatoms. The van der Waals surface area contributed by atoms with Crippen molar-refractivity contribution < 1.29 is 9.59 Å². The van der Waals surface area contributed by atoms with Crippen LogP contribution in [0.4, 0.5) is 10.8 Å². The third-order valence-corrected chi connectivity index (χ3v) is 5.78. The normalized spacial score (nSPS) is 10.8. The van der Waals surface area contributed by atoms with Crippen LogP contribution in [0.2, 0.25) is 0 Å². The monoisotopic (exact) mass is 453 g/mol. The second-order valence-corrected chi connectivity index (χ2v) is 8.29. The number of aromatic nitrogens is 3. The lowest BCUT2D eigenvalue weighted by Gasteiger charge is -2.07. The van der Waals surface area contributed by atoms with Gasteiger partial charge in [0, 0.05) is 23.6 Å². The van der Waals surface area contributed by atoms with Gasteiger partial charge in [0.05, 0.1) is 11.0 Å². The molecule has 0 unspecified atom stereocenters. The van der Waals surface area contributed by atoms with E-state index in [1.807, 2.05) is 72.8 Å². The van der Waals surface area contributed by atoms with E-state index >= 15 is 0 Å². The number of hydrogen-bond acceptors (Lipinski definition) is 5. The fourth-order valence-electron chi connectivity index (χ4n) is 3.47. The molecular formula is C25H19N5O2S. The van der Waals surface area contributed by atoms with Crippen LogP contribution in [0.1, 0.15) is 17.4 Å². The van der Waals surface area contributed by atoms with Crippen molar-refractivity contribution in [1.29, 1.82) is 0 Å². The summed E-state index contributed by atoms with van der Waals surface area (Å²) in [7, 11) is 0. The van der Waals surface area contributed by atoms with Crippen molar-refractivity contribution in [2.24, 2.45) is 0 Å². The fourth-order valence-corrected chi connectivity index (χ4v) is 4.20. The van der Waals surface area contributed by atoms with E-state index in [9.17, 15) is 9.59 Å². The topological polar surface area (TPSA) is 99.8 Å². The first-order valence-electron chi connectivity index (χ1n) is 10.3. The lowest BCUT2D eigenvalue weighted by Crippen LogP contribution is -2.13. The van der Waals surface area contributed by atoms with Crippen LogP contribution < -0.4 is 10.6 Å². The molecule has 3 aromatic carbocycles. The average molecular weight is 454 g/mol. The van der Waals surface area contributed by atoms with Crippen molar-refractivity contribution in [3.8, 4) is 22.5 Å². The van der Waals surface area contributed by atoms with Crippen molar-refractivity contribution in [3.63, 3.8) is 0 Å². The second kappa shape index (κ2) is 8.68. The van der Waals surface area contributed by atoms with Gasteiger partial charge < -0.3 is 15.6 Å². The van der Waals surface area contributed by atoms with Crippen LogP contribution >= 0.6 is 11.3 Å². The Bertz CT molecular complexity index is 1440. The standard InChI is InChI=1S/C25H19N5O2S/c1-15(31)26-25-30-22(14-33-25)24(32)27-19-6-4-5-18(13-19)16-9-11-17(12-10-16)23-28-20-7-2-3-8-21(20)29-23/h2-14H,1H3,(H,27,32)(H,28,29)(H,26,30,31). The number of nitrogens with zero attached hydrogens (tertiary/aromatic N) is 2. The molecule has 162 valence electrons. The maximum Gasteiger partial charge on any atom is 0.275 e. The zero-order valence-corrected chi connectivity index (χ0v) is 18.4. The number of anilines is 2. The number of imidazole rings is 1. The Morgan fingerprint density at radius 2 is 1.64 bits per heavy atom. The van der Waals surface area contributed by atoms with Gasteiger partial charge in [-0.1, -0.05) is 48.5 Å². The van der Waals surface area contributed by atoms with Crippen molar-refractivity contribution in [2.45, 2.75) is 6.92 Å². The van der Waals surface area contributed by atoms with Crippen LogP contribution in [0.5, 0.6) is 0 Å². The van der Waals surface area contributed by atoms with Gasteiger partial charge in [0.25, 0.3) is 5.91 Å². The van der Waals surface area contributed by atoms with Crippen molar-refractivity contribution in [3.05, 3.63) is 83.9 Å². The van der Waals surface area contributed by atoms with E-state index in [4.69, 9.17) is 0 Å². The van der Waals surface area contributed by atoms with E-state index < -0.39 is 0 Å². The number of carbonyl (C=O) groups excluding carboxylic acids is 2. The maximum atomic E-state index is 12.5. The molecule has 0 radical (unpaired) electrons. The SMILES string of the molecule is CC(=O)Nc1nc(C(=O)Nc2cccc(-c3ccc(-c4nc5ccccc5[nH]4)cc3)c2)cs1. The summed E-state index contributed by atoms with van der Waals surface area (Å²) in [5.74, 6) is 0.265. The predicted octanol–water partition coefficient (Wildman–Crippen LogP) is 5.56.